The first kappa shape index (κ1) is 31.0. The Morgan fingerprint density at radius 1 is 0.417 bits per heavy atom. The lowest BCUT2D eigenvalue weighted by Crippen LogP contribution is -1.96. The quantitative estimate of drug-likeness (QED) is 0.169. The van der Waals surface area contributed by atoms with Gasteiger partial charge in [0.2, 0.25) is 0 Å². The molecule has 1 heterocycles. The highest BCUT2D eigenvalue weighted by molar-refractivity contribution is 5.79. The molecule has 1 unspecified atom stereocenters. The van der Waals surface area contributed by atoms with E-state index in [0.29, 0.717) is 11.7 Å². The Bertz CT molecular complexity index is 2190. The van der Waals surface area contributed by atoms with Gasteiger partial charge in [0.25, 0.3) is 0 Å². The molecule has 6 aromatic carbocycles. The minimum Gasteiger partial charge on any atom is -0.228 e. The van der Waals surface area contributed by atoms with Gasteiger partial charge in [-0.25, -0.2) is 9.97 Å². The van der Waals surface area contributed by atoms with Crippen LogP contribution in [0.15, 0.2) is 152 Å². The molecule has 0 N–H and O–H groups in total. The molecule has 0 amide bonds. The van der Waals surface area contributed by atoms with E-state index in [1.54, 1.807) is 0 Å². The highest BCUT2D eigenvalue weighted by Crippen LogP contribution is 2.34. The van der Waals surface area contributed by atoms with E-state index in [-0.39, 0.29) is 0 Å². The summed E-state index contributed by atoms with van der Waals surface area (Å²) in [6, 6.07) is 54.3. The minimum atomic E-state index is 0.539. The van der Waals surface area contributed by atoms with Crippen molar-refractivity contribution >= 4 is 0 Å². The van der Waals surface area contributed by atoms with Gasteiger partial charge in [-0.3, -0.25) is 0 Å². The van der Waals surface area contributed by atoms with Gasteiger partial charge in [0.1, 0.15) is 0 Å². The third-order valence-electron chi connectivity index (χ3n) is 9.23. The molecule has 234 valence electrons. The fraction of sp³-hybridized carbons (Fsp3) is 0.130. The molecule has 7 aromatic rings. The van der Waals surface area contributed by atoms with Crippen LogP contribution >= 0.6 is 0 Å². The number of hydrogen-bond donors (Lipinski definition) is 0. The van der Waals surface area contributed by atoms with Crippen molar-refractivity contribution in [1.29, 1.82) is 0 Å². The molecule has 0 aliphatic carbocycles. The van der Waals surface area contributed by atoms with Crippen molar-refractivity contribution < 1.29 is 0 Å². The molecule has 2 heteroatoms. The summed E-state index contributed by atoms with van der Waals surface area (Å²) in [5, 5.41) is 0. The Kier molecular flexibility index (Phi) is 8.81. The number of aryl methyl sites for hydroxylation is 2. The Labute approximate surface area is 284 Å². The highest BCUT2D eigenvalue weighted by Gasteiger charge is 2.13. The van der Waals surface area contributed by atoms with Gasteiger partial charge in [-0.15, -0.1) is 0 Å². The van der Waals surface area contributed by atoms with Crippen molar-refractivity contribution in [1.82, 2.24) is 9.97 Å². The summed E-state index contributed by atoms with van der Waals surface area (Å²) < 4.78 is 0. The van der Waals surface area contributed by atoms with Crippen molar-refractivity contribution in [3.63, 3.8) is 0 Å². The van der Waals surface area contributed by atoms with E-state index in [2.05, 4.69) is 173 Å². The zero-order chi connectivity index (χ0) is 33.0. The summed E-state index contributed by atoms with van der Waals surface area (Å²) in [5.74, 6) is 1.25. The number of rotatable bonds is 8. The van der Waals surface area contributed by atoms with Gasteiger partial charge in [-0.2, -0.15) is 0 Å². The largest absolute Gasteiger partial charge is 0.228 e. The second-order valence-corrected chi connectivity index (χ2v) is 12.9. The van der Waals surface area contributed by atoms with Gasteiger partial charge < -0.3 is 0 Å². The number of aromatic nitrogens is 2. The molecule has 48 heavy (non-hydrogen) atoms. The van der Waals surface area contributed by atoms with Crippen LogP contribution in [0.4, 0.5) is 0 Å². The van der Waals surface area contributed by atoms with Crippen molar-refractivity contribution in [3.8, 4) is 67.3 Å². The summed E-state index contributed by atoms with van der Waals surface area (Å²) in [5.41, 5.74) is 16.0. The molecule has 1 atom stereocenters. The lowest BCUT2D eigenvalue weighted by Gasteiger charge is -2.13. The Balaban J connectivity index is 1.30. The van der Waals surface area contributed by atoms with Gasteiger partial charge in [0.05, 0.1) is 11.4 Å². The maximum atomic E-state index is 5.19. The van der Waals surface area contributed by atoms with Crippen LogP contribution in [0.5, 0.6) is 0 Å². The lowest BCUT2D eigenvalue weighted by atomic mass is 9.93. The van der Waals surface area contributed by atoms with Crippen LogP contribution in [0.3, 0.4) is 0 Å². The smallest absolute Gasteiger partial charge is 0.160 e. The maximum absolute atomic E-state index is 5.19. The van der Waals surface area contributed by atoms with Crippen molar-refractivity contribution in [2.45, 2.75) is 40.0 Å². The van der Waals surface area contributed by atoms with Gasteiger partial charge in [0, 0.05) is 16.7 Å². The SMILES string of the molecule is CCC(C)c1cccc(-c2cccc(-c3cccc(-c4cc(-c5ccccc5)nc(-c5cccc(-c6cc(C)cc(C)c6)c5)n4)c3)c2)c1. The summed E-state index contributed by atoms with van der Waals surface area (Å²) in [6.07, 6.45) is 1.13. The van der Waals surface area contributed by atoms with Crippen molar-refractivity contribution in [2.24, 2.45) is 0 Å². The van der Waals surface area contributed by atoms with Crippen LogP contribution in [0, 0.1) is 13.8 Å². The van der Waals surface area contributed by atoms with Crippen LogP contribution < -0.4 is 0 Å². The topological polar surface area (TPSA) is 25.8 Å². The van der Waals surface area contributed by atoms with E-state index in [1.807, 2.05) is 6.07 Å². The van der Waals surface area contributed by atoms with Gasteiger partial charge in [0.15, 0.2) is 5.82 Å². The molecule has 0 radical (unpaired) electrons. The molecule has 2 nitrogen and oxygen atoms in total. The third-order valence-corrected chi connectivity index (χ3v) is 9.23. The van der Waals surface area contributed by atoms with Gasteiger partial charge in [-0.05, 0) is 89.4 Å². The Morgan fingerprint density at radius 2 is 0.875 bits per heavy atom. The molecule has 0 aliphatic rings. The molecule has 0 aliphatic heterocycles. The second kappa shape index (κ2) is 13.6. The standard InChI is InChI=1S/C46H40N2/c1-5-33(4)35-15-9-16-36(26-35)37-17-10-18-38(27-37)39-19-11-21-41(28-39)45-30-44(34-13-7-6-8-14-34)47-46(48-45)42-22-12-20-40(29-42)43-24-31(2)23-32(3)25-43/h6-30,33H,5H2,1-4H3. The molecule has 7 rings (SSSR count). The molecular weight excluding hydrogens is 581 g/mol. The van der Waals surface area contributed by atoms with Crippen LogP contribution in [0.25, 0.3) is 67.3 Å². The number of hydrogen-bond acceptors (Lipinski definition) is 2. The summed E-state index contributed by atoms with van der Waals surface area (Å²) in [6.45, 7) is 8.84. The van der Waals surface area contributed by atoms with E-state index >= 15 is 0 Å². The molecular formula is C46H40N2. The van der Waals surface area contributed by atoms with E-state index in [9.17, 15) is 0 Å². The second-order valence-electron chi connectivity index (χ2n) is 12.9. The maximum Gasteiger partial charge on any atom is 0.160 e. The van der Waals surface area contributed by atoms with Crippen molar-refractivity contribution in [3.05, 3.63) is 168 Å². The monoisotopic (exact) mass is 620 g/mol. The van der Waals surface area contributed by atoms with Crippen LogP contribution in [0.2, 0.25) is 0 Å². The fourth-order valence-corrected chi connectivity index (χ4v) is 6.46. The van der Waals surface area contributed by atoms with Crippen molar-refractivity contribution in [2.75, 3.05) is 0 Å². The predicted molar refractivity (Wildman–Crippen MR) is 203 cm³/mol. The molecule has 1 aromatic heterocycles. The first-order chi connectivity index (χ1) is 23.4. The highest BCUT2D eigenvalue weighted by atomic mass is 14.9. The summed E-state index contributed by atoms with van der Waals surface area (Å²) in [4.78, 5) is 10.3. The normalized spacial score (nSPS) is 11.8. The van der Waals surface area contributed by atoms with E-state index < -0.39 is 0 Å². The van der Waals surface area contributed by atoms with Crippen LogP contribution in [-0.2, 0) is 0 Å². The van der Waals surface area contributed by atoms with Gasteiger partial charge in [-0.1, -0.05) is 152 Å². The summed E-state index contributed by atoms with van der Waals surface area (Å²) >= 11 is 0. The van der Waals surface area contributed by atoms with Gasteiger partial charge >= 0.3 is 0 Å². The first-order valence-corrected chi connectivity index (χ1v) is 16.9. The van der Waals surface area contributed by atoms with E-state index in [4.69, 9.17) is 9.97 Å². The van der Waals surface area contributed by atoms with Crippen LogP contribution in [-0.4, -0.2) is 9.97 Å². The third kappa shape index (κ3) is 6.75. The first-order valence-electron chi connectivity index (χ1n) is 16.9. The minimum absolute atomic E-state index is 0.539. The molecule has 0 saturated carbocycles. The molecule has 0 bridgehead atoms. The molecule has 0 fully saturated rings. The number of nitrogens with zero attached hydrogens (tertiary/aromatic N) is 2. The zero-order valence-electron chi connectivity index (χ0n) is 28.1. The average Bonchev–Trinajstić information content (AvgIpc) is 3.14. The van der Waals surface area contributed by atoms with E-state index in [1.165, 1.54) is 38.9 Å². The lowest BCUT2D eigenvalue weighted by molar-refractivity contribution is 0.734. The predicted octanol–water partition coefficient (Wildman–Crippen LogP) is 12.6. The molecule has 0 saturated heterocycles. The zero-order valence-corrected chi connectivity index (χ0v) is 28.1. The number of benzene rings is 6. The average molecular weight is 621 g/mol. The summed E-state index contributed by atoms with van der Waals surface area (Å²) in [7, 11) is 0. The fourth-order valence-electron chi connectivity index (χ4n) is 6.46. The Morgan fingerprint density at radius 3 is 1.50 bits per heavy atom. The molecule has 0 spiro atoms. The Hall–Kier alpha value is -5.60. The van der Waals surface area contributed by atoms with E-state index in [0.717, 1.165) is 45.6 Å². The van der Waals surface area contributed by atoms with Crippen LogP contribution in [0.1, 0.15) is 42.9 Å².